The van der Waals surface area contributed by atoms with Crippen molar-refractivity contribution in [3.05, 3.63) is 0 Å². The summed E-state index contributed by atoms with van der Waals surface area (Å²) in [6.45, 7) is 4.29. The van der Waals surface area contributed by atoms with E-state index in [2.05, 4.69) is 33.5 Å². The number of nitrogens with zero attached hydrogens (tertiary/aromatic N) is 4. The number of hydrogen-bond acceptors (Lipinski definition) is 5. The van der Waals surface area contributed by atoms with Gasteiger partial charge >= 0.3 is 5.97 Å². The fraction of sp³-hybridized carbons (Fsp3) is 0.750. The Hall–Kier alpha value is -1.24. The van der Waals surface area contributed by atoms with Gasteiger partial charge in [-0.3, -0.25) is 9.36 Å². The van der Waals surface area contributed by atoms with Crippen molar-refractivity contribution in [3.63, 3.8) is 0 Å². The molecule has 1 heterocycles. The van der Waals surface area contributed by atoms with E-state index in [4.69, 9.17) is 5.11 Å². The summed E-state index contributed by atoms with van der Waals surface area (Å²) in [4.78, 5) is 12.8. The number of aliphatic carboxylic acids is 1. The normalized spacial score (nSPS) is 16.4. The zero-order valence-electron chi connectivity index (χ0n) is 11.5. The van der Waals surface area contributed by atoms with E-state index < -0.39 is 5.97 Å². The molecule has 0 spiro atoms. The van der Waals surface area contributed by atoms with Crippen molar-refractivity contribution >= 4 is 23.7 Å². The van der Waals surface area contributed by atoms with Gasteiger partial charge < -0.3 is 10.0 Å². The van der Waals surface area contributed by atoms with E-state index in [1.165, 1.54) is 11.8 Å². The molecule has 0 saturated heterocycles. The van der Waals surface area contributed by atoms with Gasteiger partial charge in [-0.15, -0.1) is 10.2 Å². The summed E-state index contributed by atoms with van der Waals surface area (Å²) >= 11 is 1.24. The summed E-state index contributed by atoms with van der Waals surface area (Å²) in [6.07, 6.45) is 3.28. The van der Waals surface area contributed by atoms with Crippen molar-refractivity contribution in [1.82, 2.24) is 14.8 Å². The lowest BCUT2D eigenvalue weighted by Crippen LogP contribution is -2.30. The molecule has 1 N–H and O–H groups in total. The molecule has 0 aliphatic heterocycles. The number of hydrogen-bond donors (Lipinski definition) is 1. The van der Waals surface area contributed by atoms with Crippen LogP contribution in [-0.2, 0) is 4.79 Å². The van der Waals surface area contributed by atoms with Crippen LogP contribution in [0.5, 0.6) is 0 Å². The predicted molar refractivity (Wildman–Crippen MR) is 74.8 cm³/mol. The molecule has 0 aromatic carbocycles. The molecule has 1 fully saturated rings. The molecule has 0 amide bonds. The smallest absolute Gasteiger partial charge is 0.313 e. The zero-order valence-corrected chi connectivity index (χ0v) is 12.4. The number of rotatable bonds is 7. The maximum Gasteiger partial charge on any atom is 0.313 e. The van der Waals surface area contributed by atoms with E-state index in [0.717, 1.165) is 30.4 Å². The van der Waals surface area contributed by atoms with E-state index in [1.54, 1.807) is 0 Å². The fourth-order valence-electron chi connectivity index (χ4n) is 1.86. The van der Waals surface area contributed by atoms with Gasteiger partial charge in [0.1, 0.15) is 0 Å². The highest BCUT2D eigenvalue weighted by Gasteiger charge is 2.31. The summed E-state index contributed by atoms with van der Waals surface area (Å²) in [6, 6.07) is 0.826. The maximum absolute atomic E-state index is 10.7. The third-order valence-corrected chi connectivity index (χ3v) is 4.38. The highest BCUT2D eigenvalue weighted by molar-refractivity contribution is 7.99. The van der Waals surface area contributed by atoms with Crippen molar-refractivity contribution in [2.24, 2.45) is 0 Å². The zero-order chi connectivity index (χ0) is 14.0. The summed E-state index contributed by atoms with van der Waals surface area (Å²) in [7, 11) is 2.02. The maximum atomic E-state index is 10.7. The molecule has 0 bridgehead atoms. The molecular weight excluding hydrogens is 264 g/mol. The molecule has 1 saturated carbocycles. The molecule has 2 rings (SSSR count). The summed E-state index contributed by atoms with van der Waals surface area (Å²) in [5.74, 6) is 0.0506. The van der Waals surface area contributed by atoms with E-state index in [1.807, 2.05) is 7.05 Å². The minimum atomic E-state index is -0.827. The number of anilines is 1. The van der Waals surface area contributed by atoms with Gasteiger partial charge in [-0.2, -0.15) is 0 Å². The van der Waals surface area contributed by atoms with Crippen LogP contribution in [0.25, 0.3) is 0 Å². The lowest BCUT2D eigenvalue weighted by Gasteiger charge is -2.25. The van der Waals surface area contributed by atoms with Gasteiger partial charge in [-0.1, -0.05) is 18.7 Å². The SMILES string of the molecule is CCC(C)N(C)c1nnc(SCC(=O)O)n1C1CC1. The van der Waals surface area contributed by atoms with Crippen molar-refractivity contribution in [3.8, 4) is 0 Å². The first-order chi connectivity index (χ1) is 9.04. The predicted octanol–water partition coefficient (Wildman–Crippen LogP) is 2.02. The first-order valence-corrected chi connectivity index (χ1v) is 7.55. The second kappa shape index (κ2) is 5.81. The Morgan fingerprint density at radius 2 is 2.26 bits per heavy atom. The lowest BCUT2D eigenvalue weighted by molar-refractivity contribution is -0.133. The molecule has 19 heavy (non-hydrogen) atoms. The Labute approximate surface area is 117 Å². The van der Waals surface area contributed by atoms with Crippen molar-refractivity contribution in [2.75, 3.05) is 17.7 Å². The minimum Gasteiger partial charge on any atom is -0.481 e. The molecule has 0 radical (unpaired) electrons. The van der Waals surface area contributed by atoms with E-state index in [-0.39, 0.29) is 5.75 Å². The Kier molecular flexibility index (Phi) is 4.34. The molecule has 6 nitrogen and oxygen atoms in total. The summed E-state index contributed by atoms with van der Waals surface area (Å²) in [5.41, 5.74) is 0. The Morgan fingerprint density at radius 3 is 2.79 bits per heavy atom. The Bertz CT molecular complexity index is 459. The van der Waals surface area contributed by atoms with Crippen LogP contribution in [0.2, 0.25) is 0 Å². The second-order valence-electron chi connectivity index (χ2n) is 4.93. The van der Waals surface area contributed by atoms with Gasteiger partial charge in [-0.25, -0.2) is 0 Å². The molecule has 7 heteroatoms. The number of carbonyl (C=O) groups is 1. The van der Waals surface area contributed by atoms with Gasteiger partial charge in [0.05, 0.1) is 5.75 Å². The third kappa shape index (κ3) is 3.20. The standard InChI is InChI=1S/C12H20N4O2S/c1-4-8(2)15(3)11-13-14-12(19-7-10(17)18)16(11)9-5-6-9/h8-9H,4-7H2,1-3H3,(H,17,18). The van der Waals surface area contributed by atoms with Crippen molar-refractivity contribution in [1.29, 1.82) is 0 Å². The lowest BCUT2D eigenvalue weighted by atomic mass is 10.2. The highest BCUT2D eigenvalue weighted by Crippen LogP contribution is 2.41. The van der Waals surface area contributed by atoms with Crippen molar-refractivity contribution < 1.29 is 9.90 Å². The van der Waals surface area contributed by atoms with Gasteiger partial charge in [0.2, 0.25) is 5.95 Å². The minimum absolute atomic E-state index is 0.0257. The molecular formula is C12H20N4O2S. The van der Waals surface area contributed by atoms with Crippen LogP contribution in [-0.4, -0.2) is 44.7 Å². The number of carboxylic acid groups (broad SMARTS) is 1. The van der Waals surface area contributed by atoms with Crippen LogP contribution in [0.3, 0.4) is 0 Å². The third-order valence-electron chi connectivity index (χ3n) is 3.45. The number of aromatic nitrogens is 3. The Morgan fingerprint density at radius 1 is 1.58 bits per heavy atom. The Balaban J connectivity index is 2.21. The monoisotopic (exact) mass is 284 g/mol. The largest absolute Gasteiger partial charge is 0.481 e. The van der Waals surface area contributed by atoms with Crippen molar-refractivity contribution in [2.45, 2.75) is 50.4 Å². The summed E-state index contributed by atoms with van der Waals surface area (Å²) < 4.78 is 2.10. The first-order valence-electron chi connectivity index (χ1n) is 6.56. The van der Waals surface area contributed by atoms with E-state index in [0.29, 0.717) is 12.1 Å². The molecule has 1 aliphatic carbocycles. The highest BCUT2D eigenvalue weighted by atomic mass is 32.2. The van der Waals surface area contributed by atoms with Gasteiger partial charge in [0.25, 0.3) is 0 Å². The van der Waals surface area contributed by atoms with Gasteiger partial charge in [0.15, 0.2) is 5.16 Å². The molecule has 1 unspecified atom stereocenters. The topological polar surface area (TPSA) is 71.2 Å². The van der Waals surface area contributed by atoms with E-state index in [9.17, 15) is 4.79 Å². The first kappa shape index (κ1) is 14.2. The van der Waals surface area contributed by atoms with Crippen LogP contribution in [0, 0.1) is 0 Å². The number of thioether (sulfide) groups is 1. The molecule has 1 aliphatic rings. The van der Waals surface area contributed by atoms with Crippen LogP contribution in [0.4, 0.5) is 5.95 Å². The van der Waals surface area contributed by atoms with Gasteiger partial charge in [-0.05, 0) is 26.2 Å². The number of carboxylic acids is 1. The summed E-state index contributed by atoms with van der Waals surface area (Å²) in [5, 5.41) is 17.9. The molecule has 1 atom stereocenters. The molecule has 1 aromatic rings. The molecule has 106 valence electrons. The van der Waals surface area contributed by atoms with Crippen LogP contribution in [0.15, 0.2) is 5.16 Å². The van der Waals surface area contributed by atoms with E-state index >= 15 is 0 Å². The van der Waals surface area contributed by atoms with Crippen LogP contribution >= 0.6 is 11.8 Å². The molecule has 1 aromatic heterocycles. The fourth-order valence-corrected chi connectivity index (χ4v) is 2.58. The average Bonchev–Trinajstić information content (AvgIpc) is 3.14. The van der Waals surface area contributed by atoms with Crippen LogP contribution in [0.1, 0.15) is 39.2 Å². The second-order valence-corrected chi connectivity index (χ2v) is 5.88. The average molecular weight is 284 g/mol. The van der Waals surface area contributed by atoms with Gasteiger partial charge in [0, 0.05) is 19.1 Å². The van der Waals surface area contributed by atoms with Crippen LogP contribution < -0.4 is 4.90 Å². The quantitative estimate of drug-likeness (QED) is 0.772.